The van der Waals surface area contributed by atoms with E-state index >= 15 is 0 Å². The molecule has 0 bridgehead atoms. The van der Waals surface area contributed by atoms with Gasteiger partial charge in [0, 0.05) is 47.5 Å². The molecule has 0 fully saturated rings. The molecule has 4 rings (SSSR count). The van der Waals surface area contributed by atoms with Crippen LogP contribution in [0.4, 0.5) is 0 Å². The van der Waals surface area contributed by atoms with Crippen molar-refractivity contribution in [1.82, 2.24) is 15.1 Å². The summed E-state index contributed by atoms with van der Waals surface area (Å²) in [5.41, 5.74) is 5.09. The summed E-state index contributed by atoms with van der Waals surface area (Å²) in [5, 5.41) is 7.60. The Morgan fingerprint density at radius 1 is 1.11 bits per heavy atom. The van der Waals surface area contributed by atoms with E-state index in [-0.39, 0.29) is 11.7 Å². The minimum absolute atomic E-state index is 0.0112. The number of rotatable bonds is 4. The molecule has 0 saturated heterocycles. The van der Waals surface area contributed by atoms with Crippen LogP contribution in [-0.2, 0) is 13.0 Å². The first-order chi connectivity index (χ1) is 13.6. The minimum atomic E-state index is -0.0430. The maximum absolute atomic E-state index is 13.0. The van der Waals surface area contributed by atoms with Crippen LogP contribution >= 0.6 is 0 Å². The summed E-state index contributed by atoms with van der Waals surface area (Å²) >= 11 is 0. The number of carbonyl (C=O) groups is 2. The predicted octanol–water partition coefficient (Wildman–Crippen LogP) is 3.49. The topological polar surface area (TPSA) is 75.3 Å². The first kappa shape index (κ1) is 18.0. The van der Waals surface area contributed by atoms with Crippen LogP contribution in [0, 0.1) is 0 Å². The van der Waals surface area contributed by atoms with Gasteiger partial charge in [-0.15, -0.1) is 0 Å². The molecule has 1 aliphatic rings. The number of H-pyrrole nitrogens is 1. The lowest BCUT2D eigenvalue weighted by molar-refractivity contribution is 0.0734. The van der Waals surface area contributed by atoms with E-state index in [0.717, 1.165) is 34.7 Å². The number of ketones is 1. The standard InChI is InChI=1S/C22H21N3O3/c1-14(26)15-6-8-16(9-7-15)22(27)25-11-10-20-19(13-25)21(24-23-20)17-4-3-5-18(12-17)28-2/h3-9,12H,10-11,13H2,1-2H3,(H,23,24). The Bertz CT molecular complexity index is 1040. The summed E-state index contributed by atoms with van der Waals surface area (Å²) in [5.74, 6) is 0.713. The van der Waals surface area contributed by atoms with Gasteiger partial charge in [-0.3, -0.25) is 14.7 Å². The average molecular weight is 375 g/mol. The van der Waals surface area contributed by atoms with Crippen molar-refractivity contribution in [2.24, 2.45) is 0 Å². The monoisotopic (exact) mass is 375 g/mol. The Kier molecular flexibility index (Phi) is 4.69. The van der Waals surface area contributed by atoms with Crippen LogP contribution in [0.25, 0.3) is 11.3 Å². The summed E-state index contributed by atoms with van der Waals surface area (Å²) in [6, 6.07) is 14.6. The number of hydrogen-bond donors (Lipinski definition) is 1. The molecule has 2 aromatic carbocycles. The normalized spacial score (nSPS) is 13.1. The lowest BCUT2D eigenvalue weighted by atomic mass is 10.00. The van der Waals surface area contributed by atoms with Gasteiger partial charge in [0.05, 0.1) is 12.8 Å². The molecule has 3 aromatic rings. The SMILES string of the molecule is COc1cccc(-c2n[nH]c3c2CN(C(=O)c2ccc(C(C)=O)cc2)CC3)c1. The number of hydrogen-bond acceptors (Lipinski definition) is 4. The third-order valence-corrected chi connectivity index (χ3v) is 5.10. The van der Waals surface area contributed by atoms with E-state index in [1.807, 2.05) is 29.2 Å². The first-order valence-electron chi connectivity index (χ1n) is 9.17. The number of fused-ring (bicyclic) bond motifs is 1. The zero-order chi connectivity index (χ0) is 19.7. The molecule has 0 aliphatic carbocycles. The molecular weight excluding hydrogens is 354 g/mol. The third kappa shape index (κ3) is 3.29. The summed E-state index contributed by atoms with van der Waals surface area (Å²) < 4.78 is 5.31. The van der Waals surface area contributed by atoms with E-state index in [2.05, 4.69) is 10.2 Å². The maximum Gasteiger partial charge on any atom is 0.254 e. The van der Waals surface area contributed by atoms with Crippen LogP contribution < -0.4 is 4.74 Å². The molecule has 0 atom stereocenters. The van der Waals surface area contributed by atoms with Crippen molar-refractivity contribution in [2.45, 2.75) is 19.9 Å². The second-order valence-corrected chi connectivity index (χ2v) is 6.87. The van der Waals surface area contributed by atoms with E-state index in [4.69, 9.17) is 4.74 Å². The van der Waals surface area contributed by atoms with Gasteiger partial charge in [0.1, 0.15) is 5.75 Å². The van der Waals surface area contributed by atoms with Crippen LogP contribution in [-0.4, -0.2) is 40.4 Å². The van der Waals surface area contributed by atoms with E-state index in [0.29, 0.717) is 24.2 Å². The molecule has 142 valence electrons. The number of aromatic nitrogens is 2. The van der Waals surface area contributed by atoms with Crippen molar-refractivity contribution >= 4 is 11.7 Å². The quantitative estimate of drug-likeness (QED) is 0.709. The van der Waals surface area contributed by atoms with Gasteiger partial charge in [0.25, 0.3) is 5.91 Å². The molecule has 0 saturated carbocycles. The molecule has 1 aliphatic heterocycles. The third-order valence-electron chi connectivity index (χ3n) is 5.10. The zero-order valence-electron chi connectivity index (χ0n) is 15.9. The van der Waals surface area contributed by atoms with Crippen LogP contribution in [0.2, 0.25) is 0 Å². The molecular formula is C22H21N3O3. The van der Waals surface area contributed by atoms with E-state index < -0.39 is 0 Å². The van der Waals surface area contributed by atoms with Crippen molar-refractivity contribution < 1.29 is 14.3 Å². The molecule has 6 heteroatoms. The lowest BCUT2D eigenvalue weighted by Gasteiger charge is -2.27. The van der Waals surface area contributed by atoms with E-state index in [9.17, 15) is 9.59 Å². The molecule has 1 N–H and O–H groups in total. The number of methoxy groups -OCH3 is 1. The molecule has 1 aromatic heterocycles. The van der Waals surface area contributed by atoms with Gasteiger partial charge in [0.2, 0.25) is 0 Å². The van der Waals surface area contributed by atoms with Crippen molar-refractivity contribution in [3.63, 3.8) is 0 Å². The Hall–Kier alpha value is -3.41. The minimum Gasteiger partial charge on any atom is -0.497 e. The van der Waals surface area contributed by atoms with Crippen molar-refractivity contribution in [3.05, 3.63) is 70.9 Å². The summed E-state index contributed by atoms with van der Waals surface area (Å²) in [6.07, 6.45) is 0.726. The highest BCUT2D eigenvalue weighted by atomic mass is 16.5. The fourth-order valence-electron chi connectivity index (χ4n) is 3.51. The van der Waals surface area contributed by atoms with Gasteiger partial charge >= 0.3 is 0 Å². The lowest BCUT2D eigenvalue weighted by Crippen LogP contribution is -2.35. The van der Waals surface area contributed by atoms with Crippen LogP contribution in [0.1, 0.15) is 38.9 Å². The maximum atomic E-state index is 13.0. The Labute approximate surface area is 163 Å². The van der Waals surface area contributed by atoms with Crippen LogP contribution in [0.3, 0.4) is 0 Å². The number of carbonyl (C=O) groups excluding carboxylic acids is 2. The summed E-state index contributed by atoms with van der Waals surface area (Å²) in [7, 11) is 1.64. The van der Waals surface area contributed by atoms with E-state index in [1.165, 1.54) is 6.92 Å². The number of ether oxygens (including phenoxy) is 1. The number of amides is 1. The van der Waals surface area contributed by atoms with Crippen LogP contribution in [0.5, 0.6) is 5.75 Å². The number of benzene rings is 2. The van der Waals surface area contributed by atoms with Gasteiger partial charge in [0.15, 0.2) is 5.78 Å². The number of nitrogens with zero attached hydrogens (tertiary/aromatic N) is 2. The average Bonchev–Trinajstić information content (AvgIpc) is 3.16. The number of nitrogens with one attached hydrogen (secondary N) is 1. The second-order valence-electron chi connectivity index (χ2n) is 6.87. The summed E-state index contributed by atoms with van der Waals surface area (Å²) in [6.45, 7) is 2.63. The second kappa shape index (κ2) is 7.31. The molecule has 0 radical (unpaired) electrons. The highest BCUT2D eigenvalue weighted by Gasteiger charge is 2.26. The van der Waals surface area contributed by atoms with Crippen molar-refractivity contribution in [2.75, 3.05) is 13.7 Å². The molecule has 0 unspecified atom stereocenters. The molecule has 2 heterocycles. The Balaban J connectivity index is 1.59. The molecule has 0 spiro atoms. The Morgan fingerprint density at radius 2 is 1.86 bits per heavy atom. The fourth-order valence-corrected chi connectivity index (χ4v) is 3.51. The number of Topliss-reactive ketones (excluding diaryl/α,β-unsaturated/α-hetero) is 1. The van der Waals surface area contributed by atoms with Gasteiger partial charge in [-0.1, -0.05) is 24.3 Å². The van der Waals surface area contributed by atoms with Crippen LogP contribution in [0.15, 0.2) is 48.5 Å². The zero-order valence-corrected chi connectivity index (χ0v) is 15.9. The van der Waals surface area contributed by atoms with Gasteiger partial charge in [-0.25, -0.2) is 0 Å². The van der Waals surface area contributed by atoms with Gasteiger partial charge in [-0.2, -0.15) is 5.10 Å². The Morgan fingerprint density at radius 3 is 2.57 bits per heavy atom. The smallest absolute Gasteiger partial charge is 0.254 e. The summed E-state index contributed by atoms with van der Waals surface area (Å²) in [4.78, 5) is 26.2. The van der Waals surface area contributed by atoms with Crippen molar-refractivity contribution in [1.29, 1.82) is 0 Å². The highest BCUT2D eigenvalue weighted by Crippen LogP contribution is 2.30. The fraction of sp³-hybridized carbons (Fsp3) is 0.227. The van der Waals surface area contributed by atoms with Crippen molar-refractivity contribution in [3.8, 4) is 17.0 Å². The first-order valence-corrected chi connectivity index (χ1v) is 9.17. The molecule has 28 heavy (non-hydrogen) atoms. The highest BCUT2D eigenvalue weighted by molar-refractivity contribution is 5.97. The largest absolute Gasteiger partial charge is 0.497 e. The van der Waals surface area contributed by atoms with E-state index in [1.54, 1.807) is 31.4 Å². The molecule has 6 nitrogen and oxygen atoms in total. The van der Waals surface area contributed by atoms with Gasteiger partial charge < -0.3 is 9.64 Å². The molecule has 1 amide bonds. The van der Waals surface area contributed by atoms with Gasteiger partial charge in [-0.05, 0) is 31.2 Å². The predicted molar refractivity (Wildman–Crippen MR) is 105 cm³/mol. The number of aromatic amines is 1.